The molecule has 1 unspecified atom stereocenters. The summed E-state index contributed by atoms with van der Waals surface area (Å²) in [6.45, 7) is 4.90. The van der Waals surface area contributed by atoms with Crippen molar-refractivity contribution in [2.75, 3.05) is 24.5 Å². The smallest absolute Gasteiger partial charge is 0.149 e. The van der Waals surface area contributed by atoms with Crippen LogP contribution in [0.15, 0.2) is 55.0 Å². The number of aromatic nitrogens is 4. The van der Waals surface area contributed by atoms with Crippen LogP contribution in [0.25, 0.3) is 28.2 Å². The lowest BCUT2D eigenvalue weighted by molar-refractivity contribution is 0.501. The van der Waals surface area contributed by atoms with E-state index in [-0.39, 0.29) is 5.56 Å². The van der Waals surface area contributed by atoms with Gasteiger partial charge in [0.05, 0.1) is 16.6 Å². The zero-order valence-electron chi connectivity index (χ0n) is 16.4. The minimum absolute atomic E-state index is 0.211. The van der Waals surface area contributed by atoms with Gasteiger partial charge in [0.2, 0.25) is 0 Å². The molecule has 1 aliphatic heterocycles. The van der Waals surface area contributed by atoms with Gasteiger partial charge in [-0.25, -0.2) is 23.7 Å². The van der Waals surface area contributed by atoms with Crippen LogP contribution in [0.1, 0.15) is 6.92 Å². The summed E-state index contributed by atoms with van der Waals surface area (Å²) in [5.41, 5.74) is 2.79. The fourth-order valence-corrected chi connectivity index (χ4v) is 3.97. The minimum atomic E-state index is -0.670. The van der Waals surface area contributed by atoms with Crippen molar-refractivity contribution in [1.29, 1.82) is 0 Å². The molecule has 0 amide bonds. The second-order valence-electron chi connectivity index (χ2n) is 7.38. The van der Waals surface area contributed by atoms with Gasteiger partial charge in [0.15, 0.2) is 0 Å². The fourth-order valence-electron chi connectivity index (χ4n) is 3.97. The first kappa shape index (κ1) is 18.6. The number of imidazole rings is 1. The zero-order valence-corrected chi connectivity index (χ0v) is 16.4. The number of hydrogen-bond acceptors (Lipinski definition) is 5. The maximum absolute atomic E-state index is 14.6. The van der Waals surface area contributed by atoms with E-state index in [0.717, 1.165) is 36.9 Å². The summed E-state index contributed by atoms with van der Waals surface area (Å²) in [7, 11) is 0. The maximum Gasteiger partial charge on any atom is 0.149 e. The Kier molecular flexibility index (Phi) is 4.63. The maximum atomic E-state index is 14.6. The first-order valence-corrected chi connectivity index (χ1v) is 9.83. The SMILES string of the molecule is CC1CNCCN1c1ccc2nc(-c3ccc(F)cc3F)n(-c3ccncn3)c2c1. The van der Waals surface area contributed by atoms with E-state index in [1.54, 1.807) is 16.8 Å². The summed E-state index contributed by atoms with van der Waals surface area (Å²) < 4.78 is 29.9. The lowest BCUT2D eigenvalue weighted by Crippen LogP contribution is -2.49. The third-order valence-electron chi connectivity index (χ3n) is 5.44. The Morgan fingerprint density at radius 3 is 2.77 bits per heavy atom. The first-order valence-electron chi connectivity index (χ1n) is 9.83. The van der Waals surface area contributed by atoms with Crippen molar-refractivity contribution in [3.63, 3.8) is 0 Å². The highest BCUT2D eigenvalue weighted by molar-refractivity contribution is 5.86. The van der Waals surface area contributed by atoms with Crippen LogP contribution in [0.3, 0.4) is 0 Å². The molecular weight excluding hydrogens is 386 g/mol. The van der Waals surface area contributed by atoms with Crippen molar-refractivity contribution < 1.29 is 8.78 Å². The molecule has 8 heteroatoms. The van der Waals surface area contributed by atoms with Crippen LogP contribution in [0.5, 0.6) is 0 Å². The molecule has 5 rings (SSSR count). The number of halogens is 2. The predicted molar refractivity (Wildman–Crippen MR) is 112 cm³/mol. The van der Waals surface area contributed by atoms with Crippen LogP contribution in [0, 0.1) is 11.6 Å². The van der Waals surface area contributed by atoms with Gasteiger partial charge < -0.3 is 10.2 Å². The molecule has 1 aliphatic rings. The van der Waals surface area contributed by atoms with Gasteiger partial charge in [-0.2, -0.15) is 0 Å². The van der Waals surface area contributed by atoms with Crippen LogP contribution in [-0.4, -0.2) is 45.2 Å². The van der Waals surface area contributed by atoms with Crippen molar-refractivity contribution >= 4 is 16.7 Å². The quantitative estimate of drug-likeness (QED) is 0.564. The molecule has 0 aliphatic carbocycles. The molecule has 3 heterocycles. The summed E-state index contributed by atoms with van der Waals surface area (Å²) in [5.74, 6) is -0.365. The fraction of sp³-hybridized carbons (Fsp3) is 0.227. The Morgan fingerprint density at radius 2 is 2.00 bits per heavy atom. The van der Waals surface area contributed by atoms with Crippen molar-refractivity contribution in [2.45, 2.75) is 13.0 Å². The van der Waals surface area contributed by atoms with E-state index < -0.39 is 11.6 Å². The zero-order chi connectivity index (χ0) is 20.7. The lowest BCUT2D eigenvalue weighted by Gasteiger charge is -2.36. The number of rotatable bonds is 3. The molecule has 30 heavy (non-hydrogen) atoms. The molecule has 2 aromatic heterocycles. The van der Waals surface area contributed by atoms with Crippen LogP contribution in [0.2, 0.25) is 0 Å². The van der Waals surface area contributed by atoms with Gasteiger partial charge in [0.1, 0.15) is 29.6 Å². The number of anilines is 1. The first-order chi connectivity index (χ1) is 14.6. The second kappa shape index (κ2) is 7.46. The van der Waals surface area contributed by atoms with Crippen molar-refractivity contribution in [3.05, 3.63) is 66.6 Å². The van der Waals surface area contributed by atoms with Crippen LogP contribution >= 0.6 is 0 Å². The largest absolute Gasteiger partial charge is 0.366 e. The van der Waals surface area contributed by atoms with Crippen molar-refractivity contribution in [1.82, 2.24) is 24.8 Å². The van der Waals surface area contributed by atoms with Crippen molar-refractivity contribution in [2.24, 2.45) is 0 Å². The minimum Gasteiger partial charge on any atom is -0.366 e. The Bertz CT molecular complexity index is 1210. The number of benzene rings is 2. The van der Waals surface area contributed by atoms with Crippen LogP contribution in [0.4, 0.5) is 14.5 Å². The van der Waals surface area contributed by atoms with E-state index >= 15 is 0 Å². The molecule has 1 atom stereocenters. The van der Waals surface area contributed by atoms with Crippen LogP contribution < -0.4 is 10.2 Å². The summed E-state index contributed by atoms with van der Waals surface area (Å²) in [4.78, 5) is 15.3. The summed E-state index contributed by atoms with van der Waals surface area (Å²) in [5, 5.41) is 3.40. The summed E-state index contributed by atoms with van der Waals surface area (Å²) >= 11 is 0. The van der Waals surface area contributed by atoms with Gasteiger partial charge >= 0.3 is 0 Å². The third kappa shape index (κ3) is 3.19. The highest BCUT2D eigenvalue weighted by Gasteiger charge is 2.22. The molecule has 4 aromatic rings. The topological polar surface area (TPSA) is 58.9 Å². The monoisotopic (exact) mass is 406 g/mol. The molecule has 1 saturated heterocycles. The number of nitrogens with one attached hydrogen (secondary N) is 1. The van der Waals surface area contributed by atoms with Crippen LogP contribution in [-0.2, 0) is 0 Å². The second-order valence-corrected chi connectivity index (χ2v) is 7.38. The predicted octanol–water partition coefficient (Wildman–Crippen LogP) is 3.56. The van der Waals surface area contributed by atoms with E-state index in [2.05, 4.69) is 38.2 Å². The summed E-state index contributed by atoms with van der Waals surface area (Å²) in [6.07, 6.45) is 3.06. The highest BCUT2D eigenvalue weighted by Crippen LogP contribution is 2.32. The van der Waals surface area contributed by atoms with Gasteiger partial charge in [-0.1, -0.05) is 0 Å². The summed E-state index contributed by atoms with van der Waals surface area (Å²) in [6, 6.07) is 11.6. The molecular formula is C22H20F2N6. The average Bonchev–Trinajstić information content (AvgIpc) is 3.13. The molecule has 0 saturated carbocycles. The van der Waals surface area contributed by atoms with Gasteiger partial charge in [0.25, 0.3) is 0 Å². The number of nitrogens with zero attached hydrogens (tertiary/aromatic N) is 5. The Hall–Kier alpha value is -3.39. The van der Waals surface area contributed by atoms with E-state index in [9.17, 15) is 8.78 Å². The molecule has 0 bridgehead atoms. The van der Waals surface area contributed by atoms with Gasteiger partial charge in [0, 0.05) is 43.6 Å². The molecule has 152 valence electrons. The molecule has 2 aromatic carbocycles. The van der Waals surface area contributed by atoms with Gasteiger partial charge in [-0.05, 0) is 43.3 Å². The van der Waals surface area contributed by atoms with E-state index in [0.29, 0.717) is 23.2 Å². The normalized spacial score (nSPS) is 16.9. The third-order valence-corrected chi connectivity index (χ3v) is 5.44. The number of fused-ring (bicyclic) bond motifs is 1. The molecule has 6 nitrogen and oxygen atoms in total. The van der Waals surface area contributed by atoms with E-state index in [1.807, 2.05) is 12.1 Å². The van der Waals surface area contributed by atoms with Gasteiger partial charge in [-0.15, -0.1) is 0 Å². The van der Waals surface area contributed by atoms with E-state index in [4.69, 9.17) is 0 Å². The Balaban J connectivity index is 1.74. The molecule has 1 N–H and O–H groups in total. The molecule has 1 fully saturated rings. The molecule has 0 radical (unpaired) electrons. The Labute approximate surface area is 172 Å². The number of hydrogen-bond donors (Lipinski definition) is 1. The average molecular weight is 406 g/mol. The lowest BCUT2D eigenvalue weighted by atomic mass is 10.1. The highest BCUT2D eigenvalue weighted by atomic mass is 19.1. The van der Waals surface area contributed by atoms with Gasteiger partial charge in [-0.3, -0.25) is 4.57 Å². The number of piperazine rings is 1. The standard InChI is InChI=1S/C22H20F2N6/c1-14-12-25-8-9-29(14)16-3-5-19-20(11-16)30(21-6-7-26-13-27-21)22(28-19)17-4-2-15(23)10-18(17)24/h2-7,10-11,13-14,25H,8-9,12H2,1H3. The molecule has 0 spiro atoms. The van der Waals surface area contributed by atoms with Crippen molar-refractivity contribution in [3.8, 4) is 17.2 Å². The Morgan fingerprint density at radius 1 is 1.10 bits per heavy atom. The van der Waals surface area contributed by atoms with E-state index in [1.165, 1.54) is 18.5 Å².